The molecular formula is C24H33N5O2. The van der Waals surface area contributed by atoms with Gasteiger partial charge in [0.2, 0.25) is 0 Å². The Balaban J connectivity index is 1.58. The summed E-state index contributed by atoms with van der Waals surface area (Å²) in [6.07, 6.45) is 3.40. The Morgan fingerprint density at radius 3 is 2.45 bits per heavy atom. The van der Waals surface area contributed by atoms with E-state index in [1.54, 1.807) is 13.3 Å². The molecule has 0 aliphatic heterocycles. The monoisotopic (exact) mass is 423 g/mol. The normalized spacial score (nSPS) is 11.8. The summed E-state index contributed by atoms with van der Waals surface area (Å²) in [5.74, 6) is 2.66. The molecule has 0 amide bonds. The van der Waals surface area contributed by atoms with Crippen molar-refractivity contribution in [2.45, 2.75) is 52.9 Å². The first kappa shape index (κ1) is 22.6. The molecule has 3 rings (SSSR count). The van der Waals surface area contributed by atoms with Crippen molar-refractivity contribution in [1.29, 1.82) is 0 Å². The Morgan fingerprint density at radius 1 is 1.00 bits per heavy atom. The summed E-state index contributed by atoms with van der Waals surface area (Å²) in [6.45, 7) is 7.11. The van der Waals surface area contributed by atoms with Gasteiger partial charge in [-0.15, -0.1) is 0 Å². The number of aryl methyl sites for hydroxylation is 2. The molecule has 0 aliphatic carbocycles. The Bertz CT molecular complexity index is 941. The van der Waals surface area contributed by atoms with Crippen LogP contribution in [-0.2, 0) is 39.0 Å². The molecule has 0 spiro atoms. The van der Waals surface area contributed by atoms with Gasteiger partial charge in [-0.05, 0) is 36.7 Å². The average Bonchev–Trinajstić information content (AvgIpc) is 3.44. The topological polar surface area (TPSA) is 78.8 Å². The minimum Gasteiger partial charge on any atom is -0.468 e. The van der Waals surface area contributed by atoms with Crippen molar-refractivity contribution in [2.24, 2.45) is 4.99 Å². The standard InChI is InChI=1S/C24H33N5O2/c1-5-22-21(23(6-2)31-28-22)15-27-24(25-3)26-14-18-10-7-8-11-19(18)16-29(4)17-20-12-9-13-30-20/h7-13H,5-6,14-17H2,1-4H3,(H2,25,26,27). The van der Waals surface area contributed by atoms with E-state index in [-0.39, 0.29) is 0 Å². The summed E-state index contributed by atoms with van der Waals surface area (Å²) in [6, 6.07) is 12.4. The fourth-order valence-corrected chi connectivity index (χ4v) is 3.61. The molecular weight excluding hydrogens is 390 g/mol. The van der Waals surface area contributed by atoms with E-state index in [0.29, 0.717) is 13.1 Å². The lowest BCUT2D eigenvalue weighted by Gasteiger charge is -2.19. The number of hydrogen-bond donors (Lipinski definition) is 2. The third-order valence-electron chi connectivity index (χ3n) is 5.27. The minimum atomic E-state index is 0.642. The van der Waals surface area contributed by atoms with Crippen molar-refractivity contribution in [2.75, 3.05) is 14.1 Å². The number of furan rings is 1. The smallest absolute Gasteiger partial charge is 0.191 e. The predicted octanol–water partition coefficient (Wildman–Crippen LogP) is 3.89. The third-order valence-corrected chi connectivity index (χ3v) is 5.27. The van der Waals surface area contributed by atoms with Crippen LogP contribution in [0.3, 0.4) is 0 Å². The molecule has 0 aliphatic rings. The first-order valence-electron chi connectivity index (χ1n) is 10.8. The number of rotatable bonds is 10. The van der Waals surface area contributed by atoms with Crippen LogP contribution < -0.4 is 10.6 Å². The van der Waals surface area contributed by atoms with Crippen molar-refractivity contribution in [1.82, 2.24) is 20.7 Å². The van der Waals surface area contributed by atoms with E-state index in [2.05, 4.69) is 70.8 Å². The van der Waals surface area contributed by atoms with Crippen molar-refractivity contribution in [3.8, 4) is 0 Å². The number of nitrogens with zero attached hydrogens (tertiary/aromatic N) is 3. The van der Waals surface area contributed by atoms with Crippen LogP contribution in [0.4, 0.5) is 0 Å². The lowest BCUT2D eigenvalue weighted by Crippen LogP contribution is -2.37. The molecule has 2 N–H and O–H groups in total. The highest BCUT2D eigenvalue weighted by Crippen LogP contribution is 2.16. The zero-order chi connectivity index (χ0) is 22.1. The molecule has 0 saturated carbocycles. The van der Waals surface area contributed by atoms with Crippen LogP contribution in [0.2, 0.25) is 0 Å². The number of guanidine groups is 1. The van der Waals surface area contributed by atoms with Gasteiger partial charge in [-0.2, -0.15) is 0 Å². The van der Waals surface area contributed by atoms with Crippen LogP contribution in [-0.4, -0.2) is 30.1 Å². The highest BCUT2D eigenvalue weighted by Gasteiger charge is 2.14. The van der Waals surface area contributed by atoms with Crippen LogP contribution in [0.15, 0.2) is 56.6 Å². The first-order valence-corrected chi connectivity index (χ1v) is 10.8. The van der Waals surface area contributed by atoms with Gasteiger partial charge >= 0.3 is 0 Å². The third kappa shape index (κ3) is 6.21. The number of aromatic nitrogens is 1. The molecule has 3 aromatic rings. The zero-order valence-corrected chi connectivity index (χ0v) is 18.9. The van der Waals surface area contributed by atoms with Gasteiger partial charge in [0.25, 0.3) is 0 Å². The van der Waals surface area contributed by atoms with Gasteiger partial charge in [0.1, 0.15) is 11.5 Å². The van der Waals surface area contributed by atoms with Gasteiger partial charge in [0, 0.05) is 38.7 Å². The van der Waals surface area contributed by atoms with Crippen LogP contribution in [0.5, 0.6) is 0 Å². The van der Waals surface area contributed by atoms with E-state index >= 15 is 0 Å². The summed E-state index contributed by atoms with van der Waals surface area (Å²) < 4.78 is 10.9. The molecule has 0 atom stereocenters. The van der Waals surface area contributed by atoms with E-state index in [1.165, 1.54) is 11.1 Å². The minimum absolute atomic E-state index is 0.642. The molecule has 2 heterocycles. The second-order valence-corrected chi connectivity index (χ2v) is 7.54. The molecule has 2 aromatic heterocycles. The fourth-order valence-electron chi connectivity index (χ4n) is 3.61. The van der Waals surface area contributed by atoms with E-state index in [1.807, 2.05) is 12.1 Å². The van der Waals surface area contributed by atoms with Gasteiger partial charge < -0.3 is 19.6 Å². The molecule has 7 nitrogen and oxygen atoms in total. The molecule has 1 aromatic carbocycles. The molecule has 31 heavy (non-hydrogen) atoms. The molecule has 7 heteroatoms. The lowest BCUT2D eigenvalue weighted by molar-refractivity contribution is 0.287. The Labute approximate surface area is 184 Å². The van der Waals surface area contributed by atoms with Crippen molar-refractivity contribution >= 4 is 5.96 Å². The van der Waals surface area contributed by atoms with E-state index in [0.717, 1.165) is 54.7 Å². The molecule has 0 bridgehead atoms. The summed E-state index contributed by atoms with van der Waals surface area (Å²) in [4.78, 5) is 6.62. The number of hydrogen-bond acceptors (Lipinski definition) is 5. The molecule has 0 radical (unpaired) electrons. The number of benzene rings is 1. The summed E-state index contributed by atoms with van der Waals surface area (Å²) in [5, 5.41) is 11.0. The summed E-state index contributed by atoms with van der Waals surface area (Å²) in [7, 11) is 3.89. The van der Waals surface area contributed by atoms with Crippen molar-refractivity contribution in [3.05, 3.63) is 76.6 Å². The lowest BCUT2D eigenvalue weighted by atomic mass is 10.1. The highest BCUT2D eigenvalue weighted by atomic mass is 16.5. The van der Waals surface area contributed by atoms with E-state index in [9.17, 15) is 0 Å². The van der Waals surface area contributed by atoms with Crippen LogP contribution in [0.1, 0.15) is 47.8 Å². The Hall–Kier alpha value is -3.06. The fraction of sp³-hybridized carbons (Fsp3) is 0.417. The van der Waals surface area contributed by atoms with Gasteiger partial charge in [-0.25, -0.2) is 0 Å². The Morgan fingerprint density at radius 2 is 1.77 bits per heavy atom. The maximum absolute atomic E-state index is 5.47. The quantitative estimate of drug-likeness (QED) is 0.380. The van der Waals surface area contributed by atoms with Crippen LogP contribution >= 0.6 is 0 Å². The molecule has 166 valence electrons. The van der Waals surface area contributed by atoms with Crippen LogP contribution in [0.25, 0.3) is 0 Å². The second-order valence-electron chi connectivity index (χ2n) is 7.54. The van der Waals surface area contributed by atoms with Gasteiger partial charge in [-0.1, -0.05) is 43.3 Å². The second kappa shape index (κ2) is 11.4. The number of aliphatic imine (C=N–C) groups is 1. The first-order chi connectivity index (χ1) is 15.1. The SMILES string of the molecule is CCc1noc(CC)c1CNC(=NC)NCc1ccccc1CN(C)Cc1ccco1. The molecule has 0 fully saturated rings. The van der Waals surface area contributed by atoms with Crippen molar-refractivity contribution in [3.63, 3.8) is 0 Å². The Kier molecular flexibility index (Phi) is 8.29. The van der Waals surface area contributed by atoms with Gasteiger partial charge in [0.15, 0.2) is 5.96 Å². The summed E-state index contributed by atoms with van der Waals surface area (Å²) >= 11 is 0. The molecule has 0 saturated heterocycles. The van der Waals surface area contributed by atoms with Gasteiger partial charge in [0.05, 0.1) is 18.5 Å². The predicted molar refractivity (Wildman–Crippen MR) is 123 cm³/mol. The molecule has 0 unspecified atom stereocenters. The largest absolute Gasteiger partial charge is 0.468 e. The average molecular weight is 424 g/mol. The maximum Gasteiger partial charge on any atom is 0.191 e. The summed E-state index contributed by atoms with van der Waals surface area (Å²) in [5.41, 5.74) is 4.66. The number of nitrogens with one attached hydrogen (secondary N) is 2. The van der Waals surface area contributed by atoms with E-state index in [4.69, 9.17) is 8.94 Å². The highest BCUT2D eigenvalue weighted by molar-refractivity contribution is 5.79. The zero-order valence-electron chi connectivity index (χ0n) is 18.9. The van der Waals surface area contributed by atoms with Crippen LogP contribution in [0, 0.1) is 0 Å². The van der Waals surface area contributed by atoms with Crippen molar-refractivity contribution < 1.29 is 8.94 Å². The van der Waals surface area contributed by atoms with E-state index < -0.39 is 0 Å². The van der Waals surface area contributed by atoms with Gasteiger partial charge in [-0.3, -0.25) is 9.89 Å². The maximum atomic E-state index is 5.47.